The number of aromatic amines is 1. The van der Waals surface area contributed by atoms with Crippen LogP contribution in [0.3, 0.4) is 0 Å². The van der Waals surface area contributed by atoms with E-state index >= 15 is 0 Å². The Labute approximate surface area is 221 Å². The summed E-state index contributed by atoms with van der Waals surface area (Å²) in [5.74, 6) is 1.87. The highest BCUT2D eigenvalue weighted by Gasteiger charge is 2.23. The molecule has 0 atom stereocenters. The van der Waals surface area contributed by atoms with Crippen molar-refractivity contribution in [1.82, 2.24) is 40.4 Å². The Morgan fingerprint density at radius 1 is 1.05 bits per heavy atom. The topological polar surface area (TPSA) is 161 Å². The van der Waals surface area contributed by atoms with E-state index in [1.54, 1.807) is 17.2 Å². The molecule has 14 heteroatoms. The average molecular weight is 532 g/mol. The predicted octanol–water partition coefficient (Wildman–Crippen LogP) is 2.24. The van der Waals surface area contributed by atoms with Gasteiger partial charge < -0.3 is 20.1 Å². The highest BCUT2D eigenvalue weighted by Crippen LogP contribution is 2.27. The van der Waals surface area contributed by atoms with Crippen LogP contribution in [0.15, 0.2) is 42.3 Å². The fraction of sp³-hybridized carbons (Fsp3) is 0.292. The number of anilines is 3. The number of aromatic nitrogens is 7. The van der Waals surface area contributed by atoms with Crippen LogP contribution in [0.5, 0.6) is 0 Å². The minimum absolute atomic E-state index is 0.213. The molecule has 0 aliphatic carbocycles. The van der Waals surface area contributed by atoms with Gasteiger partial charge in [-0.25, -0.2) is 35.4 Å². The molecule has 194 valence electrons. The van der Waals surface area contributed by atoms with E-state index in [9.17, 15) is 4.79 Å². The van der Waals surface area contributed by atoms with Gasteiger partial charge in [-0.15, -0.1) is 11.3 Å². The number of fused-ring (bicyclic) bond motifs is 2. The lowest BCUT2D eigenvalue weighted by Crippen LogP contribution is -2.47. The van der Waals surface area contributed by atoms with Crippen molar-refractivity contribution < 1.29 is 10.0 Å². The average Bonchev–Trinajstić information content (AvgIpc) is 3.65. The Balaban J connectivity index is 1.13. The molecule has 13 nitrogen and oxygen atoms in total. The minimum atomic E-state index is -0.604. The number of hydrogen-bond donors (Lipinski definition) is 4. The summed E-state index contributed by atoms with van der Waals surface area (Å²) < 4.78 is 0. The van der Waals surface area contributed by atoms with Crippen LogP contribution >= 0.6 is 11.3 Å². The van der Waals surface area contributed by atoms with Crippen LogP contribution in [0.2, 0.25) is 0 Å². The van der Waals surface area contributed by atoms with Crippen molar-refractivity contribution in [2.24, 2.45) is 0 Å². The standard InChI is InChI=1S/C24H25N11O2S/c36-23(33-37)17-12-38-24(31-17)35-10-8-34(9-11-35)22-15-4-1-2-5-16(15)30-18(32-22)6-3-7-25-20-19-21(27-13-26-19)29-14-28-20/h1-2,4-5,12-14,37H,3,6-11H2,(H,33,36)(H2,25,26,27,28,29). The van der Waals surface area contributed by atoms with Crippen molar-refractivity contribution in [3.63, 3.8) is 0 Å². The fourth-order valence-electron chi connectivity index (χ4n) is 4.49. The van der Waals surface area contributed by atoms with Crippen LogP contribution in [-0.2, 0) is 6.42 Å². The third-order valence-electron chi connectivity index (χ3n) is 6.40. The van der Waals surface area contributed by atoms with Gasteiger partial charge in [-0.3, -0.25) is 10.0 Å². The van der Waals surface area contributed by atoms with Gasteiger partial charge in [0, 0.05) is 49.9 Å². The summed E-state index contributed by atoms with van der Waals surface area (Å²) in [5, 5.41) is 15.6. The molecule has 5 heterocycles. The molecule has 1 fully saturated rings. The van der Waals surface area contributed by atoms with Crippen molar-refractivity contribution in [3.8, 4) is 0 Å². The molecule has 5 aromatic rings. The third kappa shape index (κ3) is 4.78. The quantitative estimate of drug-likeness (QED) is 0.132. The Morgan fingerprint density at radius 2 is 1.89 bits per heavy atom. The molecule has 0 spiro atoms. The normalized spacial score (nSPS) is 13.8. The maximum atomic E-state index is 11.6. The number of aryl methyl sites for hydroxylation is 1. The van der Waals surface area contributed by atoms with E-state index < -0.39 is 5.91 Å². The second-order valence-electron chi connectivity index (χ2n) is 8.76. The molecule has 1 saturated heterocycles. The summed E-state index contributed by atoms with van der Waals surface area (Å²) in [6.45, 7) is 3.71. The van der Waals surface area contributed by atoms with Crippen LogP contribution in [0.4, 0.5) is 16.8 Å². The summed E-state index contributed by atoms with van der Waals surface area (Å²) in [4.78, 5) is 45.9. The number of carbonyl (C=O) groups is 1. The number of amides is 1. The van der Waals surface area contributed by atoms with E-state index in [-0.39, 0.29) is 5.69 Å². The van der Waals surface area contributed by atoms with Gasteiger partial charge in [0.15, 0.2) is 16.6 Å². The maximum Gasteiger partial charge on any atom is 0.294 e. The zero-order chi connectivity index (χ0) is 25.9. The second-order valence-corrected chi connectivity index (χ2v) is 9.60. The number of hydroxylamine groups is 1. The number of piperazine rings is 1. The highest BCUT2D eigenvalue weighted by atomic mass is 32.1. The summed E-state index contributed by atoms with van der Waals surface area (Å²) in [6, 6.07) is 8.09. The number of H-pyrrole nitrogens is 1. The van der Waals surface area contributed by atoms with Crippen molar-refractivity contribution in [1.29, 1.82) is 0 Å². The van der Waals surface area contributed by atoms with Crippen LogP contribution < -0.4 is 20.6 Å². The summed E-state index contributed by atoms with van der Waals surface area (Å²) >= 11 is 1.39. The summed E-state index contributed by atoms with van der Waals surface area (Å²) in [6.07, 6.45) is 4.66. The maximum absolute atomic E-state index is 11.6. The second kappa shape index (κ2) is 10.5. The molecule has 1 aliphatic rings. The van der Waals surface area contributed by atoms with Crippen molar-refractivity contribution in [2.75, 3.05) is 47.8 Å². The van der Waals surface area contributed by atoms with E-state index in [4.69, 9.17) is 15.2 Å². The first-order valence-electron chi connectivity index (χ1n) is 12.2. The van der Waals surface area contributed by atoms with Crippen molar-refractivity contribution in [2.45, 2.75) is 12.8 Å². The molecule has 0 radical (unpaired) electrons. The van der Waals surface area contributed by atoms with Crippen LogP contribution in [0, 0.1) is 0 Å². The van der Waals surface area contributed by atoms with Crippen LogP contribution in [-0.4, -0.2) is 78.7 Å². The Morgan fingerprint density at radius 3 is 2.76 bits per heavy atom. The minimum Gasteiger partial charge on any atom is -0.368 e. The smallest absolute Gasteiger partial charge is 0.294 e. The number of thiazole rings is 1. The Hall–Kier alpha value is -4.43. The van der Waals surface area contributed by atoms with E-state index in [0.29, 0.717) is 12.2 Å². The van der Waals surface area contributed by atoms with Gasteiger partial charge in [0.1, 0.15) is 29.2 Å². The van der Waals surface area contributed by atoms with Gasteiger partial charge in [0.25, 0.3) is 5.91 Å². The molecule has 1 amide bonds. The summed E-state index contributed by atoms with van der Waals surface area (Å²) in [7, 11) is 0. The first-order valence-corrected chi connectivity index (χ1v) is 13.1. The molecule has 4 aromatic heterocycles. The zero-order valence-corrected chi connectivity index (χ0v) is 21.1. The highest BCUT2D eigenvalue weighted by molar-refractivity contribution is 7.13. The van der Waals surface area contributed by atoms with Crippen molar-refractivity contribution >= 4 is 56.1 Å². The molecule has 0 bridgehead atoms. The third-order valence-corrected chi connectivity index (χ3v) is 7.30. The van der Waals surface area contributed by atoms with Crippen molar-refractivity contribution in [3.05, 3.63) is 53.8 Å². The number of imidazole rings is 1. The van der Waals surface area contributed by atoms with E-state index in [0.717, 1.165) is 78.0 Å². The SMILES string of the molecule is O=C(NO)c1csc(N2CCN(c3nc(CCCNc4ncnc5nc[nH]c45)nc4ccccc34)CC2)n1. The first kappa shape index (κ1) is 23.9. The molecule has 1 aromatic carbocycles. The Kier molecular flexibility index (Phi) is 6.62. The molecule has 1 aliphatic heterocycles. The van der Waals surface area contributed by atoms with Gasteiger partial charge in [0.05, 0.1) is 11.8 Å². The zero-order valence-electron chi connectivity index (χ0n) is 20.3. The van der Waals surface area contributed by atoms with Crippen LogP contribution in [0.25, 0.3) is 22.1 Å². The molecule has 0 saturated carbocycles. The summed E-state index contributed by atoms with van der Waals surface area (Å²) in [5.41, 5.74) is 4.20. The lowest BCUT2D eigenvalue weighted by atomic mass is 10.2. The number of carbonyl (C=O) groups excluding carboxylic acids is 1. The van der Waals surface area contributed by atoms with E-state index in [1.165, 1.54) is 17.7 Å². The van der Waals surface area contributed by atoms with Gasteiger partial charge in [-0.1, -0.05) is 12.1 Å². The lowest BCUT2D eigenvalue weighted by Gasteiger charge is -2.35. The monoisotopic (exact) mass is 531 g/mol. The Bertz CT molecular complexity index is 1580. The number of hydrogen-bond acceptors (Lipinski definition) is 12. The molecule has 0 unspecified atom stereocenters. The number of nitrogens with zero attached hydrogens (tertiary/aromatic N) is 8. The fourth-order valence-corrected chi connectivity index (χ4v) is 5.35. The molecule has 6 rings (SSSR count). The van der Waals surface area contributed by atoms with E-state index in [2.05, 4.69) is 46.1 Å². The first-order chi connectivity index (χ1) is 18.7. The lowest BCUT2D eigenvalue weighted by molar-refractivity contribution is 0.0701. The largest absolute Gasteiger partial charge is 0.368 e. The van der Waals surface area contributed by atoms with Gasteiger partial charge in [-0.05, 0) is 18.6 Å². The van der Waals surface area contributed by atoms with E-state index in [1.807, 2.05) is 18.2 Å². The molecule has 4 N–H and O–H groups in total. The molecular weight excluding hydrogens is 506 g/mol. The number of rotatable bonds is 8. The van der Waals surface area contributed by atoms with Crippen LogP contribution in [0.1, 0.15) is 22.7 Å². The van der Waals surface area contributed by atoms with Gasteiger partial charge >= 0.3 is 0 Å². The van der Waals surface area contributed by atoms with Gasteiger partial charge in [0.2, 0.25) is 0 Å². The molecule has 38 heavy (non-hydrogen) atoms. The molecular formula is C24H25N11O2S. The predicted molar refractivity (Wildman–Crippen MR) is 144 cm³/mol. The van der Waals surface area contributed by atoms with Gasteiger partial charge in [-0.2, -0.15) is 0 Å². The number of nitrogens with one attached hydrogen (secondary N) is 3. The number of benzene rings is 1. The number of para-hydroxylation sites is 1.